The third-order valence-electron chi connectivity index (χ3n) is 4.94. The Morgan fingerprint density at radius 2 is 1.79 bits per heavy atom. The van der Waals surface area contributed by atoms with E-state index in [1.54, 1.807) is 6.07 Å². The monoisotopic (exact) mass is 267 g/mol. The van der Waals surface area contributed by atoms with Gasteiger partial charge in [-0.1, -0.05) is 32.8 Å². The second-order valence-corrected chi connectivity index (χ2v) is 6.00. The summed E-state index contributed by atoms with van der Waals surface area (Å²) in [6.45, 7) is 5.15. The lowest BCUT2D eigenvalue weighted by molar-refractivity contribution is 0.0119. The van der Waals surface area contributed by atoms with Crippen molar-refractivity contribution in [3.8, 4) is 0 Å². The summed E-state index contributed by atoms with van der Waals surface area (Å²) in [6.07, 6.45) is 4.21. The van der Waals surface area contributed by atoms with E-state index in [0.29, 0.717) is 11.0 Å². The molecule has 0 aliphatic heterocycles. The molecule has 1 aliphatic rings. The number of nitrogens with one attached hydrogen (secondary N) is 1. The predicted octanol–water partition coefficient (Wildman–Crippen LogP) is 4.02. The van der Waals surface area contributed by atoms with Gasteiger partial charge in [-0.25, -0.2) is 8.78 Å². The maximum atomic E-state index is 14.1. The van der Waals surface area contributed by atoms with Crippen LogP contribution in [0.5, 0.6) is 0 Å². The summed E-state index contributed by atoms with van der Waals surface area (Å²) in [4.78, 5) is 0. The van der Waals surface area contributed by atoms with Gasteiger partial charge in [0.15, 0.2) is 0 Å². The van der Waals surface area contributed by atoms with Crippen molar-refractivity contribution in [2.45, 2.75) is 44.9 Å². The lowest BCUT2D eigenvalue weighted by Crippen LogP contribution is -2.54. The molecule has 1 aromatic rings. The van der Waals surface area contributed by atoms with Crippen LogP contribution in [0, 0.1) is 17.0 Å². The minimum atomic E-state index is -0.502. The van der Waals surface area contributed by atoms with Crippen molar-refractivity contribution in [3.63, 3.8) is 0 Å². The van der Waals surface area contributed by atoms with Crippen LogP contribution in [-0.2, 0) is 5.41 Å². The molecule has 0 aromatic heterocycles. The van der Waals surface area contributed by atoms with Crippen molar-refractivity contribution in [1.29, 1.82) is 0 Å². The highest BCUT2D eigenvalue weighted by Gasteiger charge is 2.53. The third kappa shape index (κ3) is 2.40. The maximum absolute atomic E-state index is 14.1. The molecule has 0 saturated heterocycles. The summed E-state index contributed by atoms with van der Waals surface area (Å²) >= 11 is 0. The van der Waals surface area contributed by atoms with Gasteiger partial charge in [-0.2, -0.15) is 0 Å². The van der Waals surface area contributed by atoms with Crippen molar-refractivity contribution in [2.75, 3.05) is 13.6 Å². The molecule has 1 aliphatic carbocycles. The normalized spacial score (nSPS) is 20.1. The van der Waals surface area contributed by atoms with Crippen LogP contribution in [0.4, 0.5) is 8.78 Å². The van der Waals surface area contributed by atoms with E-state index in [1.807, 2.05) is 7.05 Å². The number of hydrogen-bond donors (Lipinski definition) is 1. The molecule has 0 radical (unpaired) electrons. The summed E-state index contributed by atoms with van der Waals surface area (Å²) < 4.78 is 27.2. The van der Waals surface area contributed by atoms with Gasteiger partial charge in [-0.3, -0.25) is 0 Å². The van der Waals surface area contributed by atoms with Gasteiger partial charge in [0, 0.05) is 18.0 Å². The van der Waals surface area contributed by atoms with E-state index in [0.717, 1.165) is 38.3 Å². The number of halogens is 2. The Morgan fingerprint density at radius 1 is 1.16 bits per heavy atom. The van der Waals surface area contributed by atoms with Gasteiger partial charge < -0.3 is 5.32 Å². The molecule has 106 valence electrons. The van der Waals surface area contributed by atoms with Crippen molar-refractivity contribution in [3.05, 3.63) is 35.4 Å². The van der Waals surface area contributed by atoms with Gasteiger partial charge >= 0.3 is 0 Å². The van der Waals surface area contributed by atoms with Crippen molar-refractivity contribution in [2.24, 2.45) is 5.41 Å². The van der Waals surface area contributed by atoms with Crippen molar-refractivity contribution < 1.29 is 8.78 Å². The summed E-state index contributed by atoms with van der Waals surface area (Å²) in [5.74, 6) is -0.909. The Hall–Kier alpha value is -0.960. The SMILES string of the molecule is CCC1(CC)CC(CNC)(c2ccc(F)cc2F)C1. The molecule has 3 heteroatoms. The Kier molecular flexibility index (Phi) is 3.95. The van der Waals surface area contributed by atoms with E-state index in [9.17, 15) is 8.78 Å². The summed E-state index contributed by atoms with van der Waals surface area (Å²) in [5.41, 5.74) is 0.830. The zero-order valence-corrected chi connectivity index (χ0v) is 12.0. The Balaban J connectivity index is 2.32. The highest BCUT2D eigenvalue weighted by atomic mass is 19.1. The first-order chi connectivity index (χ1) is 9.01. The summed E-state index contributed by atoms with van der Waals surface area (Å²) in [5, 5.41) is 3.18. The van der Waals surface area contributed by atoms with Crippen LogP contribution in [0.2, 0.25) is 0 Å². The smallest absolute Gasteiger partial charge is 0.129 e. The zero-order chi connectivity index (χ0) is 14.1. The molecule has 0 amide bonds. The molecule has 0 heterocycles. The molecule has 0 unspecified atom stereocenters. The third-order valence-corrected chi connectivity index (χ3v) is 4.94. The Morgan fingerprint density at radius 3 is 2.26 bits per heavy atom. The van der Waals surface area contributed by atoms with Crippen LogP contribution < -0.4 is 5.32 Å². The first kappa shape index (κ1) is 14.4. The fourth-order valence-corrected chi connectivity index (χ4v) is 3.80. The van der Waals surface area contributed by atoms with Gasteiger partial charge in [0.2, 0.25) is 0 Å². The standard InChI is InChI=1S/C16H23F2N/c1-4-15(5-2)9-16(10-15,11-19-3)13-7-6-12(17)8-14(13)18/h6-8,19H,4-5,9-11H2,1-3H3. The molecule has 0 bridgehead atoms. The minimum absolute atomic E-state index is 0.168. The minimum Gasteiger partial charge on any atom is -0.319 e. The van der Waals surface area contributed by atoms with Gasteiger partial charge in [0.25, 0.3) is 0 Å². The lowest BCUT2D eigenvalue weighted by atomic mass is 9.48. The highest BCUT2D eigenvalue weighted by Crippen LogP contribution is 2.59. The van der Waals surface area contributed by atoms with E-state index in [4.69, 9.17) is 0 Å². The molecule has 0 atom stereocenters. The van der Waals surface area contributed by atoms with E-state index in [1.165, 1.54) is 6.07 Å². The van der Waals surface area contributed by atoms with E-state index in [2.05, 4.69) is 19.2 Å². The Labute approximate surface area is 114 Å². The fourth-order valence-electron chi connectivity index (χ4n) is 3.80. The van der Waals surface area contributed by atoms with E-state index in [-0.39, 0.29) is 5.41 Å². The largest absolute Gasteiger partial charge is 0.319 e. The molecule has 1 aromatic carbocycles. The second kappa shape index (κ2) is 5.20. The first-order valence-corrected chi connectivity index (χ1v) is 7.11. The van der Waals surface area contributed by atoms with Gasteiger partial charge in [-0.15, -0.1) is 0 Å². The molecular formula is C16H23F2N. The number of likely N-dealkylation sites (N-methyl/N-ethyl adjacent to an activating group) is 1. The van der Waals surface area contributed by atoms with Crippen LogP contribution in [0.1, 0.15) is 45.1 Å². The molecule has 0 spiro atoms. The topological polar surface area (TPSA) is 12.0 Å². The molecule has 1 saturated carbocycles. The van der Waals surface area contributed by atoms with E-state index >= 15 is 0 Å². The summed E-state index contributed by atoms with van der Waals surface area (Å²) in [7, 11) is 1.89. The fraction of sp³-hybridized carbons (Fsp3) is 0.625. The van der Waals surface area contributed by atoms with Crippen LogP contribution in [0.15, 0.2) is 18.2 Å². The number of rotatable bonds is 5. The molecule has 2 rings (SSSR count). The molecule has 19 heavy (non-hydrogen) atoms. The van der Waals surface area contributed by atoms with E-state index < -0.39 is 11.6 Å². The van der Waals surface area contributed by atoms with Crippen LogP contribution in [0.25, 0.3) is 0 Å². The van der Waals surface area contributed by atoms with Crippen LogP contribution in [-0.4, -0.2) is 13.6 Å². The number of benzene rings is 1. The highest BCUT2D eigenvalue weighted by molar-refractivity contribution is 5.33. The predicted molar refractivity (Wildman–Crippen MR) is 74.2 cm³/mol. The maximum Gasteiger partial charge on any atom is 0.129 e. The van der Waals surface area contributed by atoms with Gasteiger partial charge in [0.1, 0.15) is 11.6 Å². The van der Waals surface area contributed by atoms with Gasteiger partial charge in [0.05, 0.1) is 0 Å². The molecule has 1 fully saturated rings. The lowest BCUT2D eigenvalue weighted by Gasteiger charge is -2.57. The molecular weight excluding hydrogens is 244 g/mol. The van der Waals surface area contributed by atoms with Crippen LogP contribution in [0.3, 0.4) is 0 Å². The number of hydrogen-bond acceptors (Lipinski definition) is 1. The average molecular weight is 267 g/mol. The molecule has 1 N–H and O–H groups in total. The summed E-state index contributed by atoms with van der Waals surface area (Å²) in [6, 6.07) is 4.00. The first-order valence-electron chi connectivity index (χ1n) is 7.11. The Bertz CT molecular complexity index is 444. The zero-order valence-electron chi connectivity index (χ0n) is 12.0. The average Bonchev–Trinajstić information content (AvgIpc) is 2.34. The van der Waals surface area contributed by atoms with Crippen LogP contribution >= 0.6 is 0 Å². The van der Waals surface area contributed by atoms with Crippen molar-refractivity contribution in [1.82, 2.24) is 5.32 Å². The quantitative estimate of drug-likeness (QED) is 0.849. The molecule has 1 nitrogen and oxygen atoms in total. The second-order valence-electron chi connectivity index (χ2n) is 6.00. The van der Waals surface area contributed by atoms with Crippen molar-refractivity contribution >= 4 is 0 Å². The van der Waals surface area contributed by atoms with Gasteiger partial charge in [-0.05, 0) is 36.9 Å².